The molecule has 0 aromatic rings. The fourth-order valence-corrected chi connectivity index (χ4v) is 3.48. The molecule has 0 radical (unpaired) electrons. The zero-order valence-electron chi connectivity index (χ0n) is 10.1. The van der Waals surface area contributed by atoms with E-state index in [9.17, 15) is 4.39 Å². The lowest BCUT2D eigenvalue weighted by Gasteiger charge is -2.37. The van der Waals surface area contributed by atoms with E-state index in [0.29, 0.717) is 13.0 Å². The van der Waals surface area contributed by atoms with E-state index in [4.69, 9.17) is 0 Å². The summed E-state index contributed by atoms with van der Waals surface area (Å²) < 4.78 is 13.5. The Labute approximate surface area is 92.3 Å². The van der Waals surface area contributed by atoms with Crippen molar-refractivity contribution in [1.29, 1.82) is 0 Å². The molecule has 2 atom stereocenters. The highest BCUT2D eigenvalue weighted by Gasteiger charge is 2.51. The molecule has 15 heavy (non-hydrogen) atoms. The van der Waals surface area contributed by atoms with Crippen LogP contribution in [0.15, 0.2) is 12.2 Å². The van der Waals surface area contributed by atoms with Gasteiger partial charge in [-0.05, 0) is 24.7 Å². The molecule has 1 nitrogen and oxygen atoms in total. The molecular formula is C13H22FN. The molecule has 0 aromatic heterocycles. The van der Waals surface area contributed by atoms with Crippen LogP contribution in [0, 0.1) is 5.41 Å². The minimum absolute atomic E-state index is 0.0920. The van der Waals surface area contributed by atoms with E-state index >= 15 is 0 Å². The van der Waals surface area contributed by atoms with Crippen molar-refractivity contribution in [3.05, 3.63) is 12.2 Å². The molecule has 2 rings (SSSR count). The Morgan fingerprint density at radius 1 is 1.53 bits per heavy atom. The zero-order valence-corrected chi connectivity index (χ0v) is 10.1. The van der Waals surface area contributed by atoms with Gasteiger partial charge < -0.3 is 0 Å². The predicted molar refractivity (Wildman–Crippen MR) is 61.6 cm³/mol. The zero-order chi connectivity index (χ0) is 11.3. The van der Waals surface area contributed by atoms with Gasteiger partial charge in [0.15, 0.2) is 0 Å². The second-order valence-corrected chi connectivity index (χ2v) is 6.57. The van der Waals surface area contributed by atoms with Crippen molar-refractivity contribution in [2.45, 2.75) is 51.7 Å². The van der Waals surface area contributed by atoms with Gasteiger partial charge in [0.2, 0.25) is 0 Å². The molecule has 0 spiro atoms. The van der Waals surface area contributed by atoms with Crippen molar-refractivity contribution in [1.82, 2.24) is 4.90 Å². The SMILES string of the molecule is C=C1CN2C[C@H](F)C[C@@]2(CC(C)(C)C)C1. The molecule has 2 saturated heterocycles. The maximum Gasteiger partial charge on any atom is 0.115 e. The van der Waals surface area contributed by atoms with E-state index in [1.165, 1.54) is 5.57 Å². The molecule has 0 aromatic carbocycles. The molecule has 0 aliphatic carbocycles. The van der Waals surface area contributed by atoms with E-state index in [-0.39, 0.29) is 11.0 Å². The lowest BCUT2D eigenvalue weighted by Crippen LogP contribution is -2.41. The standard InChI is InChI=1S/C13H22FN/c1-10-5-13(9-12(2,3)4)6-11(14)8-15(13)7-10/h11H,1,5-9H2,2-4H3/t11-,13-/m1/s1. The maximum atomic E-state index is 13.5. The van der Waals surface area contributed by atoms with Gasteiger partial charge in [0.1, 0.15) is 6.17 Å². The quantitative estimate of drug-likeness (QED) is 0.602. The van der Waals surface area contributed by atoms with E-state index in [1.807, 2.05) is 0 Å². The van der Waals surface area contributed by atoms with Crippen LogP contribution in [-0.2, 0) is 0 Å². The van der Waals surface area contributed by atoms with Crippen molar-refractivity contribution in [2.24, 2.45) is 5.41 Å². The Morgan fingerprint density at radius 3 is 2.80 bits per heavy atom. The van der Waals surface area contributed by atoms with Crippen LogP contribution in [0.2, 0.25) is 0 Å². The van der Waals surface area contributed by atoms with Gasteiger partial charge in [0.05, 0.1) is 0 Å². The fraction of sp³-hybridized carbons (Fsp3) is 0.846. The van der Waals surface area contributed by atoms with Gasteiger partial charge in [-0.25, -0.2) is 4.39 Å². The third kappa shape index (κ3) is 2.10. The summed E-state index contributed by atoms with van der Waals surface area (Å²) in [5.41, 5.74) is 1.65. The van der Waals surface area contributed by atoms with E-state index < -0.39 is 6.17 Å². The number of halogens is 1. The third-order valence-electron chi connectivity index (χ3n) is 3.54. The summed E-state index contributed by atoms with van der Waals surface area (Å²) in [6, 6.07) is 0. The first kappa shape index (κ1) is 11.1. The van der Waals surface area contributed by atoms with Crippen molar-refractivity contribution < 1.29 is 4.39 Å². The molecule has 2 fully saturated rings. The number of fused-ring (bicyclic) bond motifs is 1. The molecule has 86 valence electrons. The van der Waals surface area contributed by atoms with Crippen LogP contribution in [0.3, 0.4) is 0 Å². The number of nitrogens with zero attached hydrogens (tertiary/aromatic N) is 1. The summed E-state index contributed by atoms with van der Waals surface area (Å²) in [7, 11) is 0. The van der Waals surface area contributed by atoms with Crippen molar-refractivity contribution in [3.8, 4) is 0 Å². The Balaban J connectivity index is 2.19. The van der Waals surface area contributed by atoms with Gasteiger partial charge in [0, 0.05) is 18.6 Å². The molecular weight excluding hydrogens is 189 g/mol. The smallest absolute Gasteiger partial charge is 0.115 e. The number of alkyl halides is 1. The summed E-state index contributed by atoms with van der Waals surface area (Å²) in [5.74, 6) is 0. The van der Waals surface area contributed by atoms with Gasteiger partial charge in [-0.1, -0.05) is 32.9 Å². The molecule has 0 bridgehead atoms. The first-order valence-corrected chi connectivity index (χ1v) is 5.87. The first-order valence-electron chi connectivity index (χ1n) is 5.87. The maximum absolute atomic E-state index is 13.5. The molecule has 0 amide bonds. The number of hydrogen-bond donors (Lipinski definition) is 0. The Hall–Kier alpha value is -0.370. The van der Waals surface area contributed by atoms with Crippen LogP contribution in [0.25, 0.3) is 0 Å². The van der Waals surface area contributed by atoms with Crippen LogP contribution < -0.4 is 0 Å². The summed E-state index contributed by atoms with van der Waals surface area (Å²) >= 11 is 0. The van der Waals surface area contributed by atoms with Gasteiger partial charge in [-0.15, -0.1) is 0 Å². The van der Waals surface area contributed by atoms with Gasteiger partial charge in [-0.2, -0.15) is 0 Å². The summed E-state index contributed by atoms with van der Waals surface area (Å²) in [5, 5.41) is 0. The second-order valence-electron chi connectivity index (χ2n) is 6.57. The lowest BCUT2D eigenvalue weighted by molar-refractivity contribution is 0.129. The van der Waals surface area contributed by atoms with Crippen molar-refractivity contribution >= 4 is 0 Å². The van der Waals surface area contributed by atoms with Gasteiger partial charge in [0.25, 0.3) is 0 Å². The Kier molecular flexibility index (Phi) is 2.45. The first-order chi connectivity index (χ1) is 6.81. The van der Waals surface area contributed by atoms with E-state index in [1.54, 1.807) is 0 Å². The Morgan fingerprint density at radius 2 is 2.20 bits per heavy atom. The molecule has 2 aliphatic heterocycles. The molecule has 0 saturated carbocycles. The summed E-state index contributed by atoms with van der Waals surface area (Å²) in [6.07, 6.45) is 2.17. The monoisotopic (exact) mass is 211 g/mol. The summed E-state index contributed by atoms with van der Waals surface area (Å²) in [6.45, 7) is 12.3. The second kappa shape index (κ2) is 3.31. The van der Waals surface area contributed by atoms with E-state index in [2.05, 4.69) is 32.3 Å². The average Bonchev–Trinajstić information content (AvgIpc) is 2.33. The van der Waals surface area contributed by atoms with Crippen LogP contribution >= 0.6 is 0 Å². The minimum atomic E-state index is -0.625. The number of rotatable bonds is 1. The minimum Gasteiger partial charge on any atom is -0.290 e. The molecule has 2 aliphatic rings. The lowest BCUT2D eigenvalue weighted by atomic mass is 9.77. The number of hydrogen-bond acceptors (Lipinski definition) is 1. The molecule has 0 N–H and O–H groups in total. The normalized spacial score (nSPS) is 37.3. The largest absolute Gasteiger partial charge is 0.290 e. The van der Waals surface area contributed by atoms with Gasteiger partial charge >= 0.3 is 0 Å². The molecule has 2 heteroatoms. The highest BCUT2D eigenvalue weighted by Crippen LogP contribution is 2.47. The summed E-state index contributed by atoms with van der Waals surface area (Å²) in [4.78, 5) is 2.32. The topological polar surface area (TPSA) is 3.24 Å². The average molecular weight is 211 g/mol. The van der Waals surface area contributed by atoms with Crippen LogP contribution in [0.1, 0.15) is 40.0 Å². The van der Waals surface area contributed by atoms with Crippen molar-refractivity contribution in [3.63, 3.8) is 0 Å². The van der Waals surface area contributed by atoms with Crippen LogP contribution in [-0.4, -0.2) is 29.7 Å². The Bertz CT molecular complexity index is 279. The third-order valence-corrected chi connectivity index (χ3v) is 3.54. The molecule has 2 heterocycles. The van der Waals surface area contributed by atoms with Crippen LogP contribution in [0.5, 0.6) is 0 Å². The van der Waals surface area contributed by atoms with Crippen LogP contribution in [0.4, 0.5) is 4.39 Å². The highest BCUT2D eigenvalue weighted by atomic mass is 19.1. The van der Waals surface area contributed by atoms with Crippen molar-refractivity contribution in [2.75, 3.05) is 13.1 Å². The predicted octanol–water partition coefficient (Wildman–Crippen LogP) is 3.17. The molecule has 0 unspecified atom stereocenters. The van der Waals surface area contributed by atoms with Gasteiger partial charge in [-0.3, -0.25) is 4.90 Å². The van der Waals surface area contributed by atoms with E-state index in [0.717, 1.165) is 19.4 Å². The highest BCUT2D eigenvalue weighted by molar-refractivity contribution is 5.19. The fourth-order valence-electron chi connectivity index (χ4n) is 3.48.